The Labute approximate surface area is 121 Å². The van der Waals surface area contributed by atoms with Gasteiger partial charge in [0.05, 0.1) is 12.6 Å². The maximum absolute atomic E-state index is 11.8. The minimum Gasteiger partial charge on any atom is -0.389 e. The van der Waals surface area contributed by atoms with Crippen molar-refractivity contribution in [2.24, 2.45) is 0 Å². The molecule has 2 rings (SSSR count). The Morgan fingerprint density at radius 3 is 2.84 bits per heavy atom. The van der Waals surface area contributed by atoms with Crippen LogP contribution >= 0.6 is 15.9 Å². The molecule has 1 atom stereocenters. The molecule has 1 aromatic rings. The highest BCUT2D eigenvalue weighted by molar-refractivity contribution is 9.10. The lowest BCUT2D eigenvalue weighted by atomic mass is 10.1. The van der Waals surface area contributed by atoms with E-state index >= 15 is 0 Å². The van der Waals surface area contributed by atoms with E-state index in [-0.39, 0.29) is 5.91 Å². The molecule has 0 aliphatic heterocycles. The highest BCUT2D eigenvalue weighted by Gasteiger charge is 2.24. The molecule has 0 spiro atoms. The fraction of sp³-hybridized carbons (Fsp3) is 0.500. The zero-order chi connectivity index (χ0) is 14.0. The maximum atomic E-state index is 11.8. The Morgan fingerprint density at radius 2 is 2.26 bits per heavy atom. The van der Waals surface area contributed by atoms with Crippen LogP contribution in [0.3, 0.4) is 0 Å². The number of aliphatic hydroxyl groups is 1. The monoisotopic (exact) mass is 326 g/mol. The summed E-state index contributed by atoms with van der Waals surface area (Å²) in [5.74, 6) is 0.0292. The van der Waals surface area contributed by atoms with Crippen LogP contribution in [0.1, 0.15) is 31.4 Å². The lowest BCUT2D eigenvalue weighted by Crippen LogP contribution is -2.36. The molecule has 0 bridgehead atoms. The Hall–Kier alpha value is -1.07. The molecule has 1 fully saturated rings. The van der Waals surface area contributed by atoms with Crippen molar-refractivity contribution in [3.8, 4) is 0 Å². The summed E-state index contributed by atoms with van der Waals surface area (Å²) in [7, 11) is 1.86. The quantitative estimate of drug-likeness (QED) is 0.872. The van der Waals surface area contributed by atoms with Gasteiger partial charge in [-0.1, -0.05) is 22.0 Å². The van der Waals surface area contributed by atoms with Crippen LogP contribution in [-0.4, -0.2) is 30.6 Å². The van der Waals surface area contributed by atoms with Crippen LogP contribution in [0, 0.1) is 0 Å². The lowest BCUT2D eigenvalue weighted by Gasteiger charge is -2.23. The molecule has 0 heterocycles. The highest BCUT2D eigenvalue weighted by atomic mass is 79.9. The molecule has 1 saturated carbocycles. The molecule has 0 aromatic heterocycles. The molecule has 104 valence electrons. The first kappa shape index (κ1) is 14.3. The molecule has 1 aliphatic rings. The van der Waals surface area contributed by atoms with Crippen LogP contribution < -0.4 is 10.2 Å². The van der Waals surface area contributed by atoms with Crippen molar-refractivity contribution in [2.75, 3.05) is 18.5 Å². The van der Waals surface area contributed by atoms with E-state index in [0.29, 0.717) is 12.6 Å². The number of carbonyl (C=O) groups is 1. The van der Waals surface area contributed by atoms with Gasteiger partial charge in [-0.3, -0.25) is 4.79 Å². The number of nitrogens with one attached hydrogen (secondary N) is 1. The number of hydrogen-bond donors (Lipinski definition) is 2. The van der Waals surface area contributed by atoms with E-state index in [4.69, 9.17) is 0 Å². The minimum atomic E-state index is -0.558. The van der Waals surface area contributed by atoms with Gasteiger partial charge in [0.15, 0.2) is 0 Å². The van der Waals surface area contributed by atoms with Crippen molar-refractivity contribution in [1.82, 2.24) is 5.32 Å². The average Bonchev–Trinajstić information content (AvgIpc) is 3.12. The summed E-state index contributed by atoms with van der Waals surface area (Å²) in [6.45, 7) is 2.03. The SMILES string of the molecule is CC(O)c1ccc(Br)cc1N(C)CC(=O)NC1CC1. The molecule has 2 N–H and O–H groups in total. The Bertz CT molecular complexity index is 473. The van der Waals surface area contributed by atoms with E-state index in [1.807, 2.05) is 30.1 Å². The van der Waals surface area contributed by atoms with Gasteiger partial charge in [-0.15, -0.1) is 0 Å². The van der Waals surface area contributed by atoms with Gasteiger partial charge in [-0.25, -0.2) is 0 Å². The summed E-state index contributed by atoms with van der Waals surface area (Å²) < 4.78 is 0.932. The molecule has 1 amide bonds. The summed E-state index contributed by atoms with van der Waals surface area (Å²) >= 11 is 3.42. The van der Waals surface area contributed by atoms with Gasteiger partial charge in [-0.2, -0.15) is 0 Å². The Kier molecular flexibility index (Phi) is 4.47. The van der Waals surface area contributed by atoms with Gasteiger partial charge < -0.3 is 15.3 Å². The van der Waals surface area contributed by atoms with Gasteiger partial charge in [0.2, 0.25) is 5.91 Å². The Morgan fingerprint density at radius 1 is 1.58 bits per heavy atom. The number of rotatable bonds is 5. The van der Waals surface area contributed by atoms with Gasteiger partial charge in [0.1, 0.15) is 0 Å². The second kappa shape index (κ2) is 5.92. The minimum absolute atomic E-state index is 0.0292. The van der Waals surface area contributed by atoms with Crippen molar-refractivity contribution in [3.63, 3.8) is 0 Å². The number of amides is 1. The summed E-state index contributed by atoms with van der Waals surface area (Å²) in [6.07, 6.45) is 1.62. The van der Waals surface area contributed by atoms with E-state index in [9.17, 15) is 9.90 Å². The summed E-state index contributed by atoms with van der Waals surface area (Å²) in [5.41, 5.74) is 1.69. The summed E-state index contributed by atoms with van der Waals surface area (Å²) in [5, 5.41) is 12.8. The Balaban J connectivity index is 2.09. The topological polar surface area (TPSA) is 52.6 Å². The molecule has 0 saturated heterocycles. The van der Waals surface area contributed by atoms with E-state index in [2.05, 4.69) is 21.2 Å². The lowest BCUT2D eigenvalue weighted by molar-refractivity contribution is -0.119. The normalized spacial score (nSPS) is 16.0. The molecular formula is C14H19BrN2O2. The van der Waals surface area contributed by atoms with E-state index in [0.717, 1.165) is 28.6 Å². The molecule has 4 nitrogen and oxygen atoms in total. The number of anilines is 1. The van der Waals surface area contributed by atoms with Gasteiger partial charge in [0, 0.05) is 28.8 Å². The first-order valence-electron chi connectivity index (χ1n) is 6.45. The number of aliphatic hydroxyl groups excluding tert-OH is 1. The number of benzene rings is 1. The largest absolute Gasteiger partial charge is 0.389 e. The maximum Gasteiger partial charge on any atom is 0.239 e. The van der Waals surface area contributed by atoms with Crippen molar-refractivity contribution < 1.29 is 9.90 Å². The third kappa shape index (κ3) is 3.94. The van der Waals surface area contributed by atoms with E-state index in [1.54, 1.807) is 6.92 Å². The summed E-state index contributed by atoms with van der Waals surface area (Å²) in [4.78, 5) is 13.7. The van der Waals surface area contributed by atoms with Crippen LogP contribution in [0.25, 0.3) is 0 Å². The standard InChI is InChI=1S/C14H19BrN2O2/c1-9(18)12-6-3-10(15)7-13(12)17(2)8-14(19)16-11-4-5-11/h3,6-7,9,11,18H,4-5,8H2,1-2H3,(H,16,19). The predicted octanol–water partition coefficient (Wildman–Crippen LogP) is 2.22. The molecule has 0 radical (unpaired) electrons. The molecule has 1 aromatic carbocycles. The fourth-order valence-corrected chi connectivity index (χ4v) is 2.35. The van der Waals surface area contributed by atoms with Gasteiger partial charge >= 0.3 is 0 Å². The number of likely N-dealkylation sites (N-methyl/N-ethyl adjacent to an activating group) is 1. The van der Waals surface area contributed by atoms with Crippen molar-refractivity contribution >= 4 is 27.5 Å². The molecule has 1 unspecified atom stereocenters. The smallest absolute Gasteiger partial charge is 0.239 e. The molecule has 1 aliphatic carbocycles. The van der Waals surface area contributed by atoms with Gasteiger partial charge in [0.25, 0.3) is 0 Å². The van der Waals surface area contributed by atoms with Crippen LogP contribution in [0.4, 0.5) is 5.69 Å². The van der Waals surface area contributed by atoms with E-state index < -0.39 is 6.10 Å². The van der Waals surface area contributed by atoms with Crippen molar-refractivity contribution in [2.45, 2.75) is 31.9 Å². The third-order valence-corrected chi connectivity index (χ3v) is 3.67. The number of hydrogen-bond acceptors (Lipinski definition) is 3. The van der Waals surface area contributed by atoms with E-state index in [1.165, 1.54) is 0 Å². The van der Waals surface area contributed by atoms with Gasteiger partial charge in [-0.05, 0) is 31.9 Å². The zero-order valence-electron chi connectivity index (χ0n) is 11.2. The van der Waals surface area contributed by atoms with Crippen LogP contribution in [0.5, 0.6) is 0 Å². The fourth-order valence-electron chi connectivity index (χ4n) is 2.00. The second-order valence-electron chi connectivity index (χ2n) is 5.08. The zero-order valence-corrected chi connectivity index (χ0v) is 12.8. The molecule has 19 heavy (non-hydrogen) atoms. The highest BCUT2D eigenvalue weighted by Crippen LogP contribution is 2.29. The van der Waals surface area contributed by atoms with Crippen LogP contribution in [0.15, 0.2) is 22.7 Å². The third-order valence-electron chi connectivity index (χ3n) is 3.18. The number of halogens is 1. The first-order valence-corrected chi connectivity index (χ1v) is 7.24. The van der Waals surface area contributed by atoms with Crippen LogP contribution in [-0.2, 0) is 4.79 Å². The number of nitrogens with zero attached hydrogens (tertiary/aromatic N) is 1. The number of carbonyl (C=O) groups excluding carboxylic acids is 1. The second-order valence-corrected chi connectivity index (χ2v) is 5.99. The molecule has 5 heteroatoms. The molecular weight excluding hydrogens is 308 g/mol. The predicted molar refractivity (Wildman–Crippen MR) is 79.2 cm³/mol. The average molecular weight is 327 g/mol. The van der Waals surface area contributed by atoms with Crippen molar-refractivity contribution in [1.29, 1.82) is 0 Å². The summed E-state index contributed by atoms with van der Waals surface area (Å²) in [6, 6.07) is 6.06. The van der Waals surface area contributed by atoms with Crippen molar-refractivity contribution in [3.05, 3.63) is 28.2 Å². The first-order chi connectivity index (χ1) is 8.97. The van der Waals surface area contributed by atoms with Crippen LogP contribution in [0.2, 0.25) is 0 Å².